The molecule has 3 N–H and O–H groups in total. The summed E-state index contributed by atoms with van der Waals surface area (Å²) in [6.45, 7) is 1.92. The van der Waals surface area contributed by atoms with Gasteiger partial charge in [-0.2, -0.15) is 0 Å². The highest BCUT2D eigenvalue weighted by molar-refractivity contribution is 5.92. The number of phenolic OH excluding ortho intramolecular Hbond substituents is 1. The molecule has 4 nitrogen and oxygen atoms in total. The molecule has 0 unspecified atom stereocenters. The smallest absolute Gasteiger partial charge is 0.305 e. The third-order valence-corrected chi connectivity index (χ3v) is 3.22. The number of rotatable bonds is 1. The van der Waals surface area contributed by atoms with Gasteiger partial charge in [0.25, 0.3) is 0 Å². The summed E-state index contributed by atoms with van der Waals surface area (Å²) >= 11 is 0. The van der Waals surface area contributed by atoms with Gasteiger partial charge in [-0.1, -0.05) is 12.1 Å². The van der Waals surface area contributed by atoms with Crippen molar-refractivity contribution in [2.75, 3.05) is 0 Å². The Balaban J connectivity index is 2.37. The van der Waals surface area contributed by atoms with Gasteiger partial charge < -0.3 is 5.11 Å². The van der Waals surface area contributed by atoms with Crippen LogP contribution in [-0.2, 0) is 0 Å². The summed E-state index contributed by atoms with van der Waals surface area (Å²) in [7, 11) is 0. The lowest BCUT2D eigenvalue weighted by Crippen LogP contribution is -2.23. The molecule has 0 aliphatic rings. The minimum atomic E-state index is -0.143. The van der Waals surface area contributed by atoms with E-state index in [0.717, 1.165) is 22.2 Å². The molecule has 19 heavy (non-hydrogen) atoms. The SMILES string of the molecule is Cc1cc(O)ccc1-c1[nH+][nH]c(=O)c2ccccc12. The van der Waals surface area contributed by atoms with Crippen LogP contribution in [0.3, 0.4) is 0 Å². The average Bonchev–Trinajstić information content (AvgIpc) is 2.41. The molecule has 4 heteroatoms. The zero-order valence-electron chi connectivity index (χ0n) is 10.4. The maximum Gasteiger partial charge on any atom is 0.305 e. The van der Waals surface area contributed by atoms with Crippen molar-refractivity contribution < 1.29 is 10.2 Å². The van der Waals surface area contributed by atoms with Crippen molar-refractivity contribution in [3.63, 3.8) is 0 Å². The highest BCUT2D eigenvalue weighted by Gasteiger charge is 2.15. The Morgan fingerprint density at radius 1 is 1.11 bits per heavy atom. The van der Waals surface area contributed by atoms with Crippen LogP contribution >= 0.6 is 0 Å². The van der Waals surface area contributed by atoms with Crippen LogP contribution in [0.15, 0.2) is 47.3 Å². The van der Waals surface area contributed by atoms with Gasteiger partial charge in [0.2, 0.25) is 5.69 Å². The summed E-state index contributed by atoms with van der Waals surface area (Å²) in [6.07, 6.45) is 0. The monoisotopic (exact) mass is 253 g/mol. The molecule has 0 saturated heterocycles. The van der Waals surface area contributed by atoms with E-state index < -0.39 is 0 Å². The van der Waals surface area contributed by atoms with Crippen LogP contribution in [-0.4, -0.2) is 10.2 Å². The topological polar surface area (TPSA) is 67.2 Å². The second-order valence-electron chi connectivity index (χ2n) is 4.50. The molecule has 0 atom stereocenters. The van der Waals surface area contributed by atoms with Crippen molar-refractivity contribution >= 4 is 10.8 Å². The van der Waals surface area contributed by atoms with E-state index in [0.29, 0.717) is 5.39 Å². The lowest BCUT2D eigenvalue weighted by molar-refractivity contribution is -0.443. The number of H-pyrrole nitrogens is 2. The Kier molecular flexibility index (Phi) is 2.56. The van der Waals surface area contributed by atoms with Crippen molar-refractivity contribution in [3.8, 4) is 17.0 Å². The van der Waals surface area contributed by atoms with Gasteiger partial charge in [0.1, 0.15) is 5.75 Å². The van der Waals surface area contributed by atoms with E-state index in [1.165, 1.54) is 0 Å². The van der Waals surface area contributed by atoms with Gasteiger partial charge in [-0.3, -0.25) is 4.79 Å². The zero-order valence-corrected chi connectivity index (χ0v) is 10.4. The lowest BCUT2D eigenvalue weighted by atomic mass is 10.0. The fraction of sp³-hybridized carbons (Fsp3) is 0.0667. The molecule has 1 aromatic heterocycles. The lowest BCUT2D eigenvalue weighted by Gasteiger charge is -2.04. The molecule has 1 heterocycles. The zero-order chi connectivity index (χ0) is 13.4. The van der Waals surface area contributed by atoms with Crippen molar-refractivity contribution in [2.45, 2.75) is 6.92 Å². The van der Waals surface area contributed by atoms with E-state index >= 15 is 0 Å². The number of aromatic hydroxyl groups is 1. The van der Waals surface area contributed by atoms with Crippen LogP contribution < -0.4 is 10.7 Å². The molecule has 0 fully saturated rings. The Bertz CT molecular complexity index is 822. The molecular formula is C15H13N2O2+. The predicted molar refractivity (Wildman–Crippen MR) is 73.0 cm³/mol. The Morgan fingerprint density at radius 2 is 1.84 bits per heavy atom. The molecule has 2 aromatic carbocycles. The number of fused-ring (bicyclic) bond motifs is 1. The number of aromatic amines is 2. The average molecular weight is 253 g/mol. The minimum absolute atomic E-state index is 0.143. The first-order valence-electron chi connectivity index (χ1n) is 5.99. The molecular weight excluding hydrogens is 240 g/mol. The van der Waals surface area contributed by atoms with E-state index in [1.54, 1.807) is 18.2 Å². The number of benzene rings is 2. The maximum absolute atomic E-state index is 11.8. The maximum atomic E-state index is 11.8. The summed E-state index contributed by atoms with van der Waals surface area (Å²) in [5.74, 6) is 0.231. The molecule has 0 saturated carbocycles. The van der Waals surface area contributed by atoms with Gasteiger partial charge in [-0.05, 0) is 42.8 Å². The van der Waals surface area contributed by atoms with Crippen LogP contribution in [0.5, 0.6) is 5.75 Å². The summed E-state index contributed by atoms with van der Waals surface area (Å²) in [5.41, 5.74) is 2.59. The molecule has 0 spiro atoms. The van der Waals surface area contributed by atoms with Gasteiger partial charge in [-0.15, -0.1) is 10.2 Å². The summed E-state index contributed by atoms with van der Waals surface area (Å²) in [4.78, 5) is 11.8. The fourth-order valence-electron chi connectivity index (χ4n) is 2.29. The molecule has 0 bridgehead atoms. The normalized spacial score (nSPS) is 10.8. The van der Waals surface area contributed by atoms with E-state index in [4.69, 9.17) is 0 Å². The summed E-state index contributed by atoms with van der Waals surface area (Å²) < 4.78 is 0. The Labute approximate surface area is 109 Å². The van der Waals surface area contributed by atoms with Crippen molar-refractivity contribution in [3.05, 3.63) is 58.4 Å². The van der Waals surface area contributed by atoms with Crippen LogP contribution in [0, 0.1) is 6.92 Å². The van der Waals surface area contributed by atoms with Gasteiger partial charge in [-0.25, -0.2) is 0 Å². The van der Waals surface area contributed by atoms with E-state index in [-0.39, 0.29) is 11.3 Å². The molecule has 94 valence electrons. The molecule has 0 radical (unpaired) electrons. The Morgan fingerprint density at radius 3 is 2.58 bits per heavy atom. The van der Waals surface area contributed by atoms with Crippen LogP contribution in [0.2, 0.25) is 0 Å². The molecule has 0 aliphatic carbocycles. The number of hydrogen-bond acceptors (Lipinski definition) is 2. The van der Waals surface area contributed by atoms with E-state index in [2.05, 4.69) is 10.2 Å². The number of nitrogens with one attached hydrogen (secondary N) is 2. The van der Waals surface area contributed by atoms with E-state index in [1.807, 2.05) is 31.2 Å². The molecule has 0 amide bonds. The summed E-state index contributed by atoms with van der Waals surface area (Å²) in [6, 6.07) is 12.6. The highest BCUT2D eigenvalue weighted by Crippen LogP contribution is 2.27. The van der Waals surface area contributed by atoms with Gasteiger partial charge in [0, 0.05) is 0 Å². The number of phenols is 1. The largest absolute Gasteiger partial charge is 0.508 e. The minimum Gasteiger partial charge on any atom is -0.508 e. The Hall–Kier alpha value is -2.62. The first-order chi connectivity index (χ1) is 9.16. The number of aryl methyl sites for hydroxylation is 1. The number of hydrogen-bond donors (Lipinski definition) is 2. The first-order valence-corrected chi connectivity index (χ1v) is 5.99. The quantitative estimate of drug-likeness (QED) is 0.696. The van der Waals surface area contributed by atoms with Gasteiger partial charge in [0.05, 0.1) is 16.3 Å². The third kappa shape index (κ3) is 1.87. The van der Waals surface area contributed by atoms with Crippen LogP contribution in [0.4, 0.5) is 0 Å². The molecule has 3 rings (SSSR count). The second-order valence-corrected chi connectivity index (χ2v) is 4.50. The third-order valence-electron chi connectivity index (χ3n) is 3.22. The van der Waals surface area contributed by atoms with Crippen molar-refractivity contribution in [2.24, 2.45) is 0 Å². The highest BCUT2D eigenvalue weighted by atomic mass is 16.3. The van der Waals surface area contributed by atoms with Crippen LogP contribution in [0.25, 0.3) is 22.0 Å². The predicted octanol–water partition coefficient (Wildman–Crippen LogP) is 2.02. The summed E-state index contributed by atoms with van der Waals surface area (Å²) in [5, 5.41) is 16.6. The fourth-order valence-corrected chi connectivity index (χ4v) is 2.29. The second kappa shape index (κ2) is 4.24. The standard InChI is InChI=1S/C15H12N2O2/c1-9-8-10(18)6-7-11(9)14-12-4-2-3-5-13(12)15(19)17-16-14/h2-8,18H,1H3,(H,17,19)/p+1. The molecule has 3 aromatic rings. The first kappa shape index (κ1) is 11.5. The van der Waals surface area contributed by atoms with Crippen LogP contribution in [0.1, 0.15) is 5.56 Å². The number of aromatic nitrogens is 2. The van der Waals surface area contributed by atoms with Crippen molar-refractivity contribution in [1.29, 1.82) is 0 Å². The van der Waals surface area contributed by atoms with Crippen molar-refractivity contribution in [1.82, 2.24) is 5.10 Å². The van der Waals surface area contributed by atoms with Gasteiger partial charge in [0.15, 0.2) is 0 Å². The van der Waals surface area contributed by atoms with Gasteiger partial charge >= 0.3 is 5.56 Å². The van der Waals surface area contributed by atoms with E-state index in [9.17, 15) is 9.90 Å². The molecule has 0 aliphatic heterocycles.